The number of hydrogen-bond acceptors (Lipinski definition) is 1. The summed E-state index contributed by atoms with van der Waals surface area (Å²) >= 11 is 0. The molecule has 0 rings (SSSR count). The van der Waals surface area contributed by atoms with Crippen LogP contribution >= 0.6 is 0 Å². The molecule has 0 amide bonds. The maximum Gasteiger partial charge on any atom is 0.00618 e. The van der Waals surface area contributed by atoms with E-state index in [2.05, 4.69) is 20.8 Å². The Bertz CT molecular complexity index is 177. The first kappa shape index (κ1) is 20.0. The molecule has 0 fully saturated rings. The van der Waals surface area contributed by atoms with E-state index >= 15 is 0 Å². The minimum atomic E-state index is 0.419. The van der Waals surface area contributed by atoms with Gasteiger partial charge >= 0.3 is 0 Å². The summed E-state index contributed by atoms with van der Waals surface area (Å²) in [7, 11) is 0. The van der Waals surface area contributed by atoms with Crippen molar-refractivity contribution in [3.8, 4) is 0 Å². The monoisotopic (exact) mass is 283 g/mol. The molecule has 0 saturated heterocycles. The molecular weight excluding hydrogens is 242 g/mol. The summed E-state index contributed by atoms with van der Waals surface area (Å²) in [6.45, 7) is 6.75. The van der Waals surface area contributed by atoms with Crippen LogP contribution in [0.1, 0.15) is 111 Å². The van der Waals surface area contributed by atoms with Crippen LogP contribution in [0.4, 0.5) is 0 Å². The quantitative estimate of drug-likeness (QED) is 0.343. The first-order valence-electron chi connectivity index (χ1n) is 9.44. The minimum absolute atomic E-state index is 0.419. The molecule has 0 heterocycles. The normalized spacial score (nSPS) is 13.1. The van der Waals surface area contributed by atoms with Gasteiger partial charge in [0.25, 0.3) is 0 Å². The van der Waals surface area contributed by atoms with E-state index in [0.717, 1.165) is 0 Å². The van der Waals surface area contributed by atoms with Gasteiger partial charge in [-0.25, -0.2) is 0 Å². The molecule has 0 aromatic rings. The standard InChI is InChI=1S/C19H41N/c1-4-5-6-7-8-9-10-11-12-13-14-15-16-17-19(20)18(2)3/h18-19H,4-17,20H2,1-3H3. The largest absolute Gasteiger partial charge is 0.327 e. The van der Waals surface area contributed by atoms with Gasteiger partial charge in [0, 0.05) is 6.04 Å². The van der Waals surface area contributed by atoms with Gasteiger partial charge in [0.05, 0.1) is 0 Å². The molecule has 0 bridgehead atoms. The van der Waals surface area contributed by atoms with Crippen LogP contribution in [0.2, 0.25) is 0 Å². The van der Waals surface area contributed by atoms with Gasteiger partial charge in [-0.05, 0) is 12.3 Å². The fourth-order valence-electron chi connectivity index (χ4n) is 2.73. The van der Waals surface area contributed by atoms with Gasteiger partial charge in [-0.2, -0.15) is 0 Å². The Balaban J connectivity index is 3.03. The third-order valence-electron chi connectivity index (χ3n) is 4.50. The summed E-state index contributed by atoms with van der Waals surface area (Å²) in [6, 6.07) is 0.419. The van der Waals surface area contributed by atoms with Crippen LogP contribution in [0.5, 0.6) is 0 Å². The van der Waals surface area contributed by atoms with Crippen molar-refractivity contribution in [1.29, 1.82) is 0 Å². The molecule has 20 heavy (non-hydrogen) atoms. The fraction of sp³-hybridized carbons (Fsp3) is 1.00. The molecule has 0 saturated carbocycles. The lowest BCUT2D eigenvalue weighted by molar-refractivity contribution is 0.438. The molecule has 0 aromatic heterocycles. The van der Waals surface area contributed by atoms with Crippen LogP contribution in [0.3, 0.4) is 0 Å². The Kier molecular flexibility index (Phi) is 15.3. The smallest absolute Gasteiger partial charge is 0.00618 e. The molecule has 1 atom stereocenters. The summed E-state index contributed by atoms with van der Waals surface area (Å²) in [6.07, 6.45) is 19.8. The van der Waals surface area contributed by atoms with Gasteiger partial charge < -0.3 is 5.73 Å². The van der Waals surface area contributed by atoms with Crippen LogP contribution in [0.15, 0.2) is 0 Å². The molecule has 0 aliphatic carbocycles. The molecule has 1 nitrogen and oxygen atoms in total. The Labute approximate surface area is 129 Å². The molecule has 1 heteroatoms. The molecule has 1 unspecified atom stereocenters. The SMILES string of the molecule is CCCCCCCCCCCCCCCC(N)C(C)C. The van der Waals surface area contributed by atoms with E-state index in [1.54, 1.807) is 0 Å². The van der Waals surface area contributed by atoms with E-state index in [1.807, 2.05) is 0 Å². The van der Waals surface area contributed by atoms with Crippen molar-refractivity contribution < 1.29 is 0 Å². The van der Waals surface area contributed by atoms with E-state index in [9.17, 15) is 0 Å². The lowest BCUT2D eigenvalue weighted by Gasteiger charge is -2.14. The van der Waals surface area contributed by atoms with E-state index in [4.69, 9.17) is 5.73 Å². The van der Waals surface area contributed by atoms with Crippen molar-refractivity contribution in [1.82, 2.24) is 0 Å². The number of rotatable bonds is 15. The minimum Gasteiger partial charge on any atom is -0.327 e. The second-order valence-electron chi connectivity index (χ2n) is 6.94. The van der Waals surface area contributed by atoms with E-state index in [-0.39, 0.29) is 0 Å². The third kappa shape index (κ3) is 14.4. The van der Waals surface area contributed by atoms with Crippen molar-refractivity contribution in [3.05, 3.63) is 0 Å². The van der Waals surface area contributed by atoms with Crippen molar-refractivity contribution in [2.24, 2.45) is 11.7 Å². The Morgan fingerprint density at radius 3 is 1.30 bits per heavy atom. The van der Waals surface area contributed by atoms with Gasteiger partial charge in [-0.1, -0.05) is 104 Å². The maximum absolute atomic E-state index is 6.06. The highest BCUT2D eigenvalue weighted by molar-refractivity contribution is 4.64. The molecule has 0 spiro atoms. The maximum atomic E-state index is 6.06. The molecule has 122 valence electrons. The number of hydrogen-bond donors (Lipinski definition) is 1. The Hall–Kier alpha value is -0.0400. The van der Waals surface area contributed by atoms with E-state index in [1.165, 1.54) is 89.9 Å². The van der Waals surface area contributed by atoms with Crippen LogP contribution in [-0.4, -0.2) is 6.04 Å². The van der Waals surface area contributed by atoms with Crippen molar-refractivity contribution in [3.63, 3.8) is 0 Å². The summed E-state index contributed by atoms with van der Waals surface area (Å²) in [5.74, 6) is 0.646. The zero-order chi connectivity index (χ0) is 15.1. The van der Waals surface area contributed by atoms with E-state index < -0.39 is 0 Å². The highest BCUT2D eigenvalue weighted by atomic mass is 14.6. The predicted octanol–water partition coefficient (Wildman–Crippen LogP) is 6.45. The summed E-state index contributed by atoms with van der Waals surface area (Å²) in [5.41, 5.74) is 6.06. The van der Waals surface area contributed by atoms with Crippen LogP contribution < -0.4 is 5.73 Å². The van der Waals surface area contributed by atoms with Gasteiger partial charge in [0.1, 0.15) is 0 Å². The van der Waals surface area contributed by atoms with Gasteiger partial charge in [-0.3, -0.25) is 0 Å². The lowest BCUT2D eigenvalue weighted by atomic mass is 9.98. The highest BCUT2D eigenvalue weighted by Crippen LogP contribution is 2.14. The summed E-state index contributed by atoms with van der Waals surface area (Å²) in [5, 5.41) is 0. The van der Waals surface area contributed by atoms with Gasteiger partial charge in [0.15, 0.2) is 0 Å². The average molecular weight is 284 g/mol. The first-order valence-corrected chi connectivity index (χ1v) is 9.44. The fourth-order valence-corrected chi connectivity index (χ4v) is 2.73. The molecule has 2 N–H and O–H groups in total. The van der Waals surface area contributed by atoms with Crippen molar-refractivity contribution in [2.75, 3.05) is 0 Å². The van der Waals surface area contributed by atoms with Gasteiger partial charge in [-0.15, -0.1) is 0 Å². The topological polar surface area (TPSA) is 26.0 Å². The Morgan fingerprint density at radius 2 is 0.950 bits per heavy atom. The number of unbranched alkanes of at least 4 members (excludes halogenated alkanes) is 12. The molecule has 0 aromatic carbocycles. The third-order valence-corrected chi connectivity index (χ3v) is 4.50. The average Bonchev–Trinajstić information content (AvgIpc) is 2.43. The number of nitrogens with two attached hydrogens (primary N) is 1. The van der Waals surface area contributed by atoms with Crippen LogP contribution in [0, 0.1) is 5.92 Å². The lowest BCUT2D eigenvalue weighted by Crippen LogP contribution is -2.25. The zero-order valence-corrected chi connectivity index (χ0v) is 14.6. The van der Waals surface area contributed by atoms with E-state index in [0.29, 0.717) is 12.0 Å². The van der Waals surface area contributed by atoms with Crippen LogP contribution in [0.25, 0.3) is 0 Å². The van der Waals surface area contributed by atoms with Crippen LogP contribution in [-0.2, 0) is 0 Å². The summed E-state index contributed by atoms with van der Waals surface area (Å²) in [4.78, 5) is 0. The van der Waals surface area contributed by atoms with Gasteiger partial charge in [0.2, 0.25) is 0 Å². The first-order chi connectivity index (χ1) is 9.68. The molecule has 0 radical (unpaired) electrons. The Morgan fingerprint density at radius 1 is 0.600 bits per heavy atom. The zero-order valence-electron chi connectivity index (χ0n) is 14.6. The summed E-state index contributed by atoms with van der Waals surface area (Å²) < 4.78 is 0. The second-order valence-corrected chi connectivity index (χ2v) is 6.94. The second kappa shape index (κ2) is 15.4. The molecular formula is C19H41N. The molecule has 0 aliphatic rings. The van der Waals surface area contributed by atoms with Crippen molar-refractivity contribution >= 4 is 0 Å². The highest BCUT2D eigenvalue weighted by Gasteiger charge is 2.06. The van der Waals surface area contributed by atoms with Crippen molar-refractivity contribution in [2.45, 2.75) is 117 Å². The predicted molar refractivity (Wildman–Crippen MR) is 93.1 cm³/mol. The molecule has 0 aliphatic heterocycles.